The molecule has 5 nitrogen and oxygen atoms in total. The maximum Gasteiger partial charge on any atom is 0.270 e. The minimum Gasteiger partial charge on any atom is -0.350 e. The van der Waals surface area contributed by atoms with Crippen LogP contribution in [0.15, 0.2) is 42.5 Å². The maximum absolute atomic E-state index is 13.2. The number of hydrogen-bond acceptors (Lipinski definition) is 2. The molecule has 150 valence electrons. The summed E-state index contributed by atoms with van der Waals surface area (Å²) in [5.74, 6) is -0.0439. The molecule has 0 saturated carbocycles. The highest BCUT2D eigenvalue weighted by Crippen LogP contribution is 2.36. The molecule has 0 atom stereocenters. The predicted octanol–water partition coefficient (Wildman–Crippen LogP) is 3.89. The van der Waals surface area contributed by atoms with E-state index < -0.39 is 0 Å². The largest absolute Gasteiger partial charge is 0.350 e. The molecule has 29 heavy (non-hydrogen) atoms. The van der Waals surface area contributed by atoms with Gasteiger partial charge in [0, 0.05) is 31.9 Å². The Morgan fingerprint density at radius 1 is 1.14 bits per heavy atom. The van der Waals surface area contributed by atoms with E-state index in [2.05, 4.69) is 30.4 Å². The number of benzene rings is 2. The highest BCUT2D eigenvalue weighted by Gasteiger charge is 2.31. The summed E-state index contributed by atoms with van der Waals surface area (Å²) in [6, 6.07) is 14.4. The first kappa shape index (κ1) is 19.2. The predicted molar refractivity (Wildman–Crippen MR) is 116 cm³/mol. The Balaban J connectivity index is 1.67. The summed E-state index contributed by atoms with van der Waals surface area (Å²) in [6.45, 7) is 5.33. The number of rotatable bonds is 5. The average Bonchev–Trinajstić information content (AvgIpc) is 3.23. The number of aryl methyl sites for hydroxylation is 3. The fraction of sp³-hybridized carbons (Fsp3) is 0.333. The molecule has 1 aliphatic rings. The lowest BCUT2D eigenvalue weighted by atomic mass is 10.1. The molecule has 0 aliphatic carbocycles. The van der Waals surface area contributed by atoms with Gasteiger partial charge in [0.2, 0.25) is 5.91 Å². The Labute approximate surface area is 171 Å². The molecule has 0 unspecified atom stereocenters. The van der Waals surface area contributed by atoms with Gasteiger partial charge in [-0.05, 0) is 49.9 Å². The van der Waals surface area contributed by atoms with Crippen LogP contribution in [-0.4, -0.2) is 29.5 Å². The van der Waals surface area contributed by atoms with Crippen molar-refractivity contribution in [1.29, 1.82) is 0 Å². The lowest BCUT2D eigenvalue weighted by Gasteiger charge is -2.18. The lowest BCUT2D eigenvalue weighted by Crippen LogP contribution is -2.31. The normalized spacial score (nSPS) is 14.0. The summed E-state index contributed by atoms with van der Waals surface area (Å²) in [7, 11) is 1.90. The molecule has 3 aromatic rings. The van der Waals surface area contributed by atoms with Crippen LogP contribution in [0.25, 0.3) is 10.9 Å². The standard InChI is InChI=1S/C24H27N3O2/c1-16-10-11-20-19(15-16)22(27-14-6-9-21(27)28)23(26(20)3)24(29)25-13-12-18-8-5-4-7-17(18)2/h4-5,7-8,10-11,15H,6,9,12-14H2,1-3H3,(H,25,29). The first-order chi connectivity index (χ1) is 14.0. The molecular formula is C24H27N3O2. The van der Waals surface area contributed by atoms with Crippen molar-refractivity contribution in [3.05, 3.63) is 64.8 Å². The third kappa shape index (κ3) is 3.53. The fourth-order valence-electron chi connectivity index (χ4n) is 4.24. The highest BCUT2D eigenvalue weighted by atomic mass is 16.2. The molecule has 1 aliphatic heterocycles. The number of hydrogen-bond donors (Lipinski definition) is 1. The molecule has 0 spiro atoms. The van der Waals surface area contributed by atoms with Crippen molar-refractivity contribution in [3.8, 4) is 0 Å². The van der Waals surface area contributed by atoms with Gasteiger partial charge in [-0.3, -0.25) is 9.59 Å². The lowest BCUT2D eigenvalue weighted by molar-refractivity contribution is -0.117. The first-order valence-electron chi connectivity index (χ1n) is 10.2. The minimum absolute atomic E-state index is 0.0907. The summed E-state index contributed by atoms with van der Waals surface area (Å²) < 4.78 is 1.92. The summed E-state index contributed by atoms with van der Waals surface area (Å²) in [5, 5.41) is 4.04. The van der Waals surface area contributed by atoms with Gasteiger partial charge in [-0.25, -0.2) is 0 Å². The smallest absolute Gasteiger partial charge is 0.270 e. The van der Waals surface area contributed by atoms with Gasteiger partial charge in [0.25, 0.3) is 5.91 Å². The van der Waals surface area contributed by atoms with E-state index in [1.807, 2.05) is 42.8 Å². The molecule has 1 saturated heterocycles. The summed E-state index contributed by atoms with van der Waals surface area (Å²) in [4.78, 5) is 27.5. The summed E-state index contributed by atoms with van der Waals surface area (Å²) in [6.07, 6.45) is 2.14. The molecule has 1 fully saturated rings. The number of carbonyl (C=O) groups is 2. The van der Waals surface area contributed by atoms with Crippen LogP contribution in [0, 0.1) is 13.8 Å². The summed E-state index contributed by atoms with van der Waals surface area (Å²) in [5.41, 5.74) is 5.85. The van der Waals surface area contributed by atoms with Crippen molar-refractivity contribution < 1.29 is 9.59 Å². The van der Waals surface area contributed by atoms with Crippen LogP contribution < -0.4 is 10.2 Å². The van der Waals surface area contributed by atoms with E-state index in [9.17, 15) is 9.59 Å². The van der Waals surface area contributed by atoms with E-state index in [-0.39, 0.29) is 11.8 Å². The molecule has 0 bridgehead atoms. The van der Waals surface area contributed by atoms with Gasteiger partial charge in [0.05, 0.1) is 11.2 Å². The van der Waals surface area contributed by atoms with Crippen molar-refractivity contribution in [2.45, 2.75) is 33.1 Å². The van der Waals surface area contributed by atoms with Crippen molar-refractivity contribution in [2.24, 2.45) is 7.05 Å². The number of anilines is 1. The number of amides is 2. The minimum atomic E-state index is -0.135. The summed E-state index contributed by atoms with van der Waals surface area (Å²) >= 11 is 0. The fourth-order valence-corrected chi connectivity index (χ4v) is 4.24. The Bertz CT molecular complexity index is 1100. The van der Waals surface area contributed by atoms with Crippen LogP contribution in [0.2, 0.25) is 0 Å². The van der Waals surface area contributed by atoms with E-state index in [1.165, 1.54) is 11.1 Å². The molecule has 2 aromatic carbocycles. The zero-order chi connectivity index (χ0) is 20.5. The van der Waals surface area contributed by atoms with Crippen LogP contribution in [0.3, 0.4) is 0 Å². The second-order valence-electron chi connectivity index (χ2n) is 7.86. The molecule has 0 radical (unpaired) electrons. The molecule has 4 rings (SSSR count). The van der Waals surface area contributed by atoms with E-state index in [4.69, 9.17) is 0 Å². The van der Waals surface area contributed by atoms with Crippen LogP contribution in [0.1, 0.15) is 40.0 Å². The Morgan fingerprint density at radius 3 is 2.66 bits per heavy atom. The van der Waals surface area contributed by atoms with Crippen LogP contribution in [-0.2, 0) is 18.3 Å². The third-order valence-electron chi connectivity index (χ3n) is 5.83. The van der Waals surface area contributed by atoms with E-state index in [1.54, 1.807) is 4.90 Å². The molecule has 2 amide bonds. The molecule has 5 heteroatoms. The van der Waals surface area contributed by atoms with Crippen LogP contribution >= 0.6 is 0 Å². The van der Waals surface area contributed by atoms with Gasteiger partial charge in [-0.15, -0.1) is 0 Å². The number of fused-ring (bicyclic) bond motifs is 1. The first-order valence-corrected chi connectivity index (χ1v) is 10.2. The zero-order valence-corrected chi connectivity index (χ0v) is 17.3. The van der Waals surface area contributed by atoms with Gasteiger partial charge in [-0.1, -0.05) is 35.9 Å². The quantitative estimate of drug-likeness (QED) is 0.720. The third-order valence-corrected chi connectivity index (χ3v) is 5.83. The van der Waals surface area contributed by atoms with E-state index >= 15 is 0 Å². The Hall–Kier alpha value is -3.08. The Morgan fingerprint density at radius 2 is 1.93 bits per heavy atom. The SMILES string of the molecule is Cc1ccc2c(c1)c(N1CCCC1=O)c(C(=O)NCCc1ccccc1C)n2C. The number of nitrogens with zero attached hydrogens (tertiary/aromatic N) is 2. The zero-order valence-electron chi connectivity index (χ0n) is 17.3. The van der Waals surface area contributed by atoms with E-state index in [0.29, 0.717) is 25.2 Å². The highest BCUT2D eigenvalue weighted by molar-refractivity contribution is 6.14. The van der Waals surface area contributed by atoms with Crippen molar-refractivity contribution in [1.82, 2.24) is 9.88 Å². The number of aromatic nitrogens is 1. The molecule has 2 heterocycles. The van der Waals surface area contributed by atoms with Gasteiger partial charge >= 0.3 is 0 Å². The monoisotopic (exact) mass is 389 g/mol. The van der Waals surface area contributed by atoms with Crippen LogP contribution in [0.4, 0.5) is 5.69 Å². The number of carbonyl (C=O) groups excluding carboxylic acids is 2. The molecule has 1 aromatic heterocycles. The molecular weight excluding hydrogens is 362 g/mol. The van der Waals surface area contributed by atoms with Crippen LogP contribution in [0.5, 0.6) is 0 Å². The van der Waals surface area contributed by atoms with Crippen molar-refractivity contribution >= 4 is 28.4 Å². The van der Waals surface area contributed by atoms with Gasteiger partial charge in [-0.2, -0.15) is 0 Å². The second-order valence-corrected chi connectivity index (χ2v) is 7.86. The maximum atomic E-state index is 13.2. The number of nitrogens with one attached hydrogen (secondary N) is 1. The Kier molecular flexibility index (Phi) is 5.14. The van der Waals surface area contributed by atoms with Gasteiger partial charge < -0.3 is 14.8 Å². The second kappa shape index (κ2) is 7.74. The molecule has 1 N–H and O–H groups in total. The average molecular weight is 389 g/mol. The van der Waals surface area contributed by atoms with Crippen molar-refractivity contribution in [3.63, 3.8) is 0 Å². The topological polar surface area (TPSA) is 54.3 Å². The van der Waals surface area contributed by atoms with E-state index in [0.717, 1.165) is 35.0 Å². The van der Waals surface area contributed by atoms with Gasteiger partial charge in [0.15, 0.2) is 0 Å². The van der Waals surface area contributed by atoms with Gasteiger partial charge in [0.1, 0.15) is 5.69 Å². The van der Waals surface area contributed by atoms with Crippen molar-refractivity contribution in [2.75, 3.05) is 18.0 Å².